The van der Waals surface area contributed by atoms with Crippen LogP contribution in [-0.4, -0.2) is 68.1 Å². The second-order valence-corrected chi connectivity index (χ2v) is 4.96. The molecule has 0 aliphatic carbocycles. The summed E-state index contributed by atoms with van der Waals surface area (Å²) in [6, 6.07) is 9.51. The number of hydrogen-bond donors (Lipinski definition) is 1. The summed E-state index contributed by atoms with van der Waals surface area (Å²) in [5, 5.41) is 3.04. The molecule has 0 saturated carbocycles. The summed E-state index contributed by atoms with van der Waals surface area (Å²) < 4.78 is 5.21. The van der Waals surface area contributed by atoms with Crippen molar-refractivity contribution in [3.8, 4) is 0 Å². The molecule has 2 amide bonds. The van der Waals surface area contributed by atoms with Gasteiger partial charge in [-0.2, -0.15) is 0 Å². The monoisotopic (exact) mass is 291 g/mol. The minimum absolute atomic E-state index is 0.0335. The molecule has 1 aliphatic heterocycles. The van der Waals surface area contributed by atoms with Gasteiger partial charge >= 0.3 is 0 Å². The Morgan fingerprint density at radius 1 is 1.24 bits per heavy atom. The molecule has 21 heavy (non-hydrogen) atoms. The van der Waals surface area contributed by atoms with Gasteiger partial charge in [-0.15, -0.1) is 0 Å². The van der Waals surface area contributed by atoms with Gasteiger partial charge in [0.05, 0.1) is 26.3 Å². The van der Waals surface area contributed by atoms with E-state index in [-0.39, 0.29) is 24.9 Å². The zero-order valence-electron chi connectivity index (χ0n) is 12.2. The van der Waals surface area contributed by atoms with Crippen molar-refractivity contribution in [3.05, 3.63) is 30.3 Å². The third-order valence-corrected chi connectivity index (χ3v) is 3.38. The summed E-state index contributed by atoms with van der Waals surface area (Å²) in [7, 11) is 1.65. The van der Waals surface area contributed by atoms with E-state index in [2.05, 4.69) is 5.32 Å². The van der Waals surface area contributed by atoms with Gasteiger partial charge in [-0.1, -0.05) is 18.2 Å². The van der Waals surface area contributed by atoms with Crippen molar-refractivity contribution in [3.63, 3.8) is 0 Å². The molecule has 1 heterocycles. The number of carbonyl (C=O) groups is 2. The van der Waals surface area contributed by atoms with Gasteiger partial charge < -0.3 is 19.9 Å². The lowest BCUT2D eigenvalue weighted by atomic mass is 10.3. The molecule has 0 spiro atoms. The number of morpholine rings is 1. The van der Waals surface area contributed by atoms with E-state index in [9.17, 15) is 9.59 Å². The molecule has 0 aromatic heterocycles. The first-order valence-electron chi connectivity index (χ1n) is 7.05. The number of rotatable bonds is 5. The van der Waals surface area contributed by atoms with Gasteiger partial charge in [0.2, 0.25) is 11.8 Å². The van der Waals surface area contributed by atoms with Crippen LogP contribution in [0.4, 0.5) is 5.69 Å². The maximum absolute atomic E-state index is 12.0. The Morgan fingerprint density at radius 3 is 2.57 bits per heavy atom. The van der Waals surface area contributed by atoms with Crippen molar-refractivity contribution < 1.29 is 14.3 Å². The fourth-order valence-corrected chi connectivity index (χ4v) is 2.07. The second-order valence-electron chi connectivity index (χ2n) is 4.96. The lowest BCUT2D eigenvalue weighted by molar-refractivity contribution is -0.141. The van der Waals surface area contributed by atoms with Gasteiger partial charge in [0.15, 0.2) is 0 Å². The number of ether oxygens (including phenoxy) is 1. The van der Waals surface area contributed by atoms with E-state index in [1.54, 1.807) is 11.9 Å². The van der Waals surface area contributed by atoms with Crippen LogP contribution in [0.5, 0.6) is 0 Å². The summed E-state index contributed by atoms with van der Waals surface area (Å²) in [5.74, 6) is -0.144. The number of nitrogens with one attached hydrogen (secondary N) is 1. The molecular formula is C15H21N3O3. The van der Waals surface area contributed by atoms with Crippen molar-refractivity contribution in [1.29, 1.82) is 0 Å². The molecule has 1 fully saturated rings. The fraction of sp³-hybridized carbons (Fsp3) is 0.467. The number of anilines is 1. The highest BCUT2D eigenvalue weighted by molar-refractivity contribution is 5.86. The number of para-hydroxylation sites is 1. The van der Waals surface area contributed by atoms with Crippen LogP contribution in [0.1, 0.15) is 0 Å². The van der Waals surface area contributed by atoms with E-state index in [1.807, 2.05) is 30.3 Å². The van der Waals surface area contributed by atoms with E-state index < -0.39 is 0 Å². The summed E-state index contributed by atoms with van der Waals surface area (Å²) in [6.45, 7) is 2.62. The van der Waals surface area contributed by atoms with Crippen LogP contribution in [-0.2, 0) is 14.3 Å². The van der Waals surface area contributed by atoms with Crippen molar-refractivity contribution in [2.75, 3.05) is 51.8 Å². The maximum atomic E-state index is 12.0. The minimum Gasteiger partial charge on any atom is -0.378 e. The number of amides is 2. The molecule has 6 nitrogen and oxygen atoms in total. The van der Waals surface area contributed by atoms with E-state index in [4.69, 9.17) is 4.74 Å². The van der Waals surface area contributed by atoms with Gasteiger partial charge in [0, 0.05) is 25.8 Å². The normalized spacial score (nSPS) is 14.6. The topological polar surface area (TPSA) is 61.9 Å². The summed E-state index contributed by atoms with van der Waals surface area (Å²) >= 11 is 0. The smallest absolute Gasteiger partial charge is 0.242 e. The highest BCUT2D eigenvalue weighted by atomic mass is 16.5. The molecular weight excluding hydrogens is 270 g/mol. The third kappa shape index (κ3) is 4.75. The predicted molar refractivity (Wildman–Crippen MR) is 80.0 cm³/mol. The Kier molecular flexibility index (Phi) is 5.57. The average Bonchev–Trinajstić information content (AvgIpc) is 2.54. The Morgan fingerprint density at radius 2 is 1.90 bits per heavy atom. The molecule has 0 atom stereocenters. The van der Waals surface area contributed by atoms with Crippen molar-refractivity contribution in [1.82, 2.24) is 9.80 Å². The van der Waals surface area contributed by atoms with Crippen molar-refractivity contribution in [2.45, 2.75) is 0 Å². The van der Waals surface area contributed by atoms with Crippen LogP contribution in [0.2, 0.25) is 0 Å². The van der Waals surface area contributed by atoms with Crippen LogP contribution in [0.15, 0.2) is 30.3 Å². The first-order chi connectivity index (χ1) is 10.2. The quantitative estimate of drug-likeness (QED) is 0.854. The Bertz CT molecular complexity index is 472. The summed E-state index contributed by atoms with van der Waals surface area (Å²) in [5.41, 5.74) is 0.888. The van der Waals surface area contributed by atoms with Gasteiger partial charge in [-0.25, -0.2) is 0 Å². The molecule has 1 aromatic rings. The van der Waals surface area contributed by atoms with Gasteiger partial charge in [-0.3, -0.25) is 9.59 Å². The number of benzene rings is 1. The van der Waals surface area contributed by atoms with Gasteiger partial charge in [-0.05, 0) is 12.1 Å². The predicted octanol–water partition coefficient (Wildman–Crippen LogP) is 0.416. The molecule has 1 aliphatic rings. The lowest BCUT2D eigenvalue weighted by Gasteiger charge is -2.28. The van der Waals surface area contributed by atoms with Crippen LogP contribution in [0.3, 0.4) is 0 Å². The van der Waals surface area contributed by atoms with Crippen LogP contribution in [0.25, 0.3) is 0 Å². The standard InChI is InChI=1S/C15H21N3O3/c1-17(12-15(20)18-7-9-21-10-8-18)14(19)11-16-13-5-3-2-4-6-13/h2-6,16H,7-12H2,1H3. The Labute approximate surface area is 124 Å². The third-order valence-electron chi connectivity index (χ3n) is 3.38. The number of likely N-dealkylation sites (N-methyl/N-ethyl adjacent to an activating group) is 1. The summed E-state index contributed by atoms with van der Waals surface area (Å²) in [4.78, 5) is 27.2. The molecule has 0 bridgehead atoms. The van der Waals surface area contributed by atoms with Crippen LogP contribution < -0.4 is 5.32 Å². The molecule has 2 rings (SSSR count). The molecule has 1 N–H and O–H groups in total. The van der Waals surface area contributed by atoms with E-state index >= 15 is 0 Å². The minimum atomic E-state index is -0.111. The summed E-state index contributed by atoms with van der Waals surface area (Å²) in [6.07, 6.45) is 0. The first kappa shape index (κ1) is 15.3. The molecule has 1 aromatic carbocycles. The molecule has 1 saturated heterocycles. The number of hydrogen-bond acceptors (Lipinski definition) is 4. The maximum Gasteiger partial charge on any atom is 0.242 e. The molecule has 114 valence electrons. The lowest BCUT2D eigenvalue weighted by Crippen LogP contribution is -2.46. The average molecular weight is 291 g/mol. The van der Waals surface area contributed by atoms with E-state index in [1.165, 1.54) is 4.90 Å². The van der Waals surface area contributed by atoms with Gasteiger partial charge in [0.1, 0.15) is 0 Å². The van der Waals surface area contributed by atoms with Crippen LogP contribution >= 0.6 is 0 Å². The molecule has 0 radical (unpaired) electrons. The number of nitrogens with zero attached hydrogens (tertiary/aromatic N) is 2. The number of carbonyl (C=O) groups excluding carboxylic acids is 2. The highest BCUT2D eigenvalue weighted by Crippen LogP contribution is 2.04. The first-order valence-corrected chi connectivity index (χ1v) is 7.05. The molecule has 0 unspecified atom stereocenters. The Balaban J connectivity index is 1.75. The van der Waals surface area contributed by atoms with E-state index in [0.29, 0.717) is 26.3 Å². The van der Waals surface area contributed by atoms with Gasteiger partial charge in [0.25, 0.3) is 0 Å². The SMILES string of the molecule is CN(CC(=O)N1CCOCC1)C(=O)CNc1ccccc1. The molecule has 6 heteroatoms. The zero-order chi connectivity index (χ0) is 15.1. The van der Waals surface area contributed by atoms with E-state index in [0.717, 1.165) is 5.69 Å². The van der Waals surface area contributed by atoms with Crippen molar-refractivity contribution in [2.24, 2.45) is 0 Å². The van der Waals surface area contributed by atoms with Crippen molar-refractivity contribution >= 4 is 17.5 Å². The second kappa shape index (κ2) is 7.64. The highest BCUT2D eigenvalue weighted by Gasteiger charge is 2.20. The Hall–Kier alpha value is -2.08. The van der Waals surface area contributed by atoms with Crippen LogP contribution in [0, 0.1) is 0 Å². The largest absolute Gasteiger partial charge is 0.378 e. The fourth-order valence-electron chi connectivity index (χ4n) is 2.07. The zero-order valence-corrected chi connectivity index (χ0v) is 12.2.